The predicted octanol–water partition coefficient (Wildman–Crippen LogP) is 5.48. The number of rotatable bonds is 1. The summed E-state index contributed by atoms with van der Waals surface area (Å²) < 4.78 is 40.2. The summed E-state index contributed by atoms with van der Waals surface area (Å²) in [5, 5.41) is 6.78. The van der Waals surface area contributed by atoms with E-state index >= 15 is 0 Å². The van der Waals surface area contributed by atoms with Gasteiger partial charge in [0, 0.05) is 10.9 Å². The van der Waals surface area contributed by atoms with E-state index in [1.54, 1.807) is 0 Å². The Balaban J connectivity index is 0.000000829. The smallest absolute Gasteiger partial charge is 0.404 e. The summed E-state index contributed by atoms with van der Waals surface area (Å²) in [5.41, 5.74) is 0.866. The molecule has 0 spiro atoms. The first-order valence-corrected chi connectivity index (χ1v) is 6.64. The third-order valence-electron chi connectivity index (χ3n) is 2.12. The zero-order valence-electron chi connectivity index (χ0n) is 12.0. The summed E-state index contributed by atoms with van der Waals surface area (Å²) in [6, 6.07) is 1.35. The van der Waals surface area contributed by atoms with Crippen LogP contribution in [-0.2, 0) is 0 Å². The molecule has 0 radical (unpaired) electrons. The number of aromatic amines is 1. The van der Waals surface area contributed by atoms with Gasteiger partial charge in [0.2, 0.25) is 0 Å². The van der Waals surface area contributed by atoms with Crippen LogP contribution in [0, 0.1) is 6.92 Å². The molecule has 0 bridgehead atoms. The Kier molecular flexibility index (Phi) is 7.42. The molecule has 7 heteroatoms. The van der Waals surface area contributed by atoms with Crippen molar-refractivity contribution in [3.05, 3.63) is 22.8 Å². The predicted molar refractivity (Wildman–Crippen MR) is 75.2 cm³/mol. The van der Waals surface area contributed by atoms with Gasteiger partial charge in [-0.2, -0.15) is 5.10 Å². The van der Waals surface area contributed by atoms with E-state index in [2.05, 4.69) is 14.9 Å². The lowest BCUT2D eigenvalue weighted by atomic mass is 10.1. The lowest BCUT2D eigenvalue weighted by Crippen LogP contribution is -2.18. The highest BCUT2D eigenvalue weighted by atomic mass is 35.5. The van der Waals surface area contributed by atoms with Crippen LogP contribution in [0.3, 0.4) is 0 Å². The largest absolute Gasteiger partial charge is 0.573 e. The molecule has 114 valence electrons. The fraction of sp³-hybridized carbons (Fsp3) is 0.462. The van der Waals surface area contributed by atoms with Gasteiger partial charge < -0.3 is 4.74 Å². The molecule has 1 aromatic heterocycles. The van der Waals surface area contributed by atoms with Crippen LogP contribution in [0.5, 0.6) is 5.75 Å². The number of nitrogens with zero attached hydrogens (tertiary/aromatic N) is 1. The second kappa shape index (κ2) is 7.99. The van der Waals surface area contributed by atoms with E-state index in [0.717, 1.165) is 0 Å². The van der Waals surface area contributed by atoms with Gasteiger partial charge in [0.1, 0.15) is 0 Å². The zero-order valence-corrected chi connectivity index (χ0v) is 12.8. The number of halogens is 4. The second-order valence-corrected chi connectivity index (χ2v) is 3.60. The fourth-order valence-electron chi connectivity index (χ4n) is 1.44. The normalized spacial score (nSPS) is 10.2. The van der Waals surface area contributed by atoms with Gasteiger partial charge in [-0.3, -0.25) is 5.10 Å². The second-order valence-electron chi connectivity index (χ2n) is 3.19. The molecule has 2 aromatic rings. The lowest BCUT2D eigenvalue weighted by Gasteiger charge is -2.13. The van der Waals surface area contributed by atoms with E-state index in [9.17, 15) is 13.2 Å². The summed E-state index contributed by atoms with van der Waals surface area (Å²) in [6.45, 7) is 9.49. The summed E-state index contributed by atoms with van der Waals surface area (Å²) >= 11 is 5.70. The van der Waals surface area contributed by atoms with Gasteiger partial charge >= 0.3 is 6.36 Å². The summed E-state index contributed by atoms with van der Waals surface area (Å²) in [5.74, 6) is -0.386. The maximum atomic E-state index is 12.1. The summed E-state index contributed by atoms with van der Waals surface area (Å²) in [7, 11) is 0. The molecule has 2 rings (SSSR count). The van der Waals surface area contributed by atoms with Crippen LogP contribution in [0.2, 0.25) is 5.02 Å². The maximum Gasteiger partial charge on any atom is 0.573 e. The number of hydrogen-bond acceptors (Lipinski definition) is 2. The van der Waals surface area contributed by atoms with Gasteiger partial charge in [0.15, 0.2) is 5.75 Å². The van der Waals surface area contributed by atoms with E-state index in [1.807, 2.05) is 27.7 Å². The Bertz CT molecular complexity index is 538. The molecule has 0 saturated heterocycles. The number of aromatic nitrogens is 2. The Labute approximate surface area is 121 Å². The van der Waals surface area contributed by atoms with Crippen molar-refractivity contribution in [2.24, 2.45) is 0 Å². The van der Waals surface area contributed by atoms with E-state index < -0.39 is 6.36 Å². The average Bonchev–Trinajstić information content (AvgIpc) is 2.86. The van der Waals surface area contributed by atoms with Gasteiger partial charge in [-0.05, 0) is 13.0 Å². The standard InChI is InChI=1S/C9H6ClF3N2O.2C2H6/c1-4-5-3-14-15-7(5)2-6(10)8(4)16-9(11,12)13;2*1-2/h2-3H,1H3,(H,14,15);2*1-2H3. The third kappa shape index (κ3) is 4.59. The minimum absolute atomic E-state index is 0.105. The molecule has 20 heavy (non-hydrogen) atoms. The molecular weight excluding hydrogens is 293 g/mol. The molecule has 1 N–H and O–H groups in total. The molecule has 0 aliphatic rings. The number of ether oxygens (including phenoxy) is 1. The Morgan fingerprint density at radius 1 is 1.20 bits per heavy atom. The van der Waals surface area contributed by atoms with Crippen molar-refractivity contribution in [1.82, 2.24) is 10.2 Å². The molecule has 1 aromatic carbocycles. The monoisotopic (exact) mass is 310 g/mol. The molecule has 0 fully saturated rings. The van der Waals surface area contributed by atoms with Gasteiger partial charge in [0.25, 0.3) is 0 Å². The quantitative estimate of drug-likeness (QED) is 0.757. The third-order valence-corrected chi connectivity index (χ3v) is 2.40. The minimum atomic E-state index is -4.76. The molecule has 0 atom stereocenters. The number of hydrogen-bond donors (Lipinski definition) is 1. The summed E-state index contributed by atoms with van der Waals surface area (Å²) in [4.78, 5) is 0. The Hall–Kier alpha value is -1.43. The highest BCUT2D eigenvalue weighted by Gasteiger charge is 2.33. The van der Waals surface area contributed by atoms with Crippen molar-refractivity contribution in [3.63, 3.8) is 0 Å². The first-order chi connectivity index (χ1) is 9.38. The first kappa shape index (κ1) is 18.6. The number of aryl methyl sites for hydroxylation is 1. The van der Waals surface area contributed by atoms with Crippen molar-refractivity contribution < 1.29 is 17.9 Å². The molecular formula is C13H18ClF3N2O. The van der Waals surface area contributed by atoms with Crippen LogP contribution in [0.25, 0.3) is 10.9 Å². The van der Waals surface area contributed by atoms with Gasteiger partial charge in [-0.1, -0.05) is 39.3 Å². The summed E-state index contributed by atoms with van der Waals surface area (Å²) in [6.07, 6.45) is -3.34. The number of benzene rings is 1. The van der Waals surface area contributed by atoms with E-state index in [0.29, 0.717) is 16.5 Å². The topological polar surface area (TPSA) is 37.9 Å². The molecule has 0 aliphatic carbocycles. The van der Waals surface area contributed by atoms with Crippen molar-refractivity contribution in [3.8, 4) is 5.75 Å². The van der Waals surface area contributed by atoms with Crippen molar-refractivity contribution in [2.75, 3.05) is 0 Å². The van der Waals surface area contributed by atoms with Gasteiger partial charge in [-0.25, -0.2) is 0 Å². The molecule has 0 unspecified atom stereocenters. The number of H-pyrrole nitrogens is 1. The van der Waals surface area contributed by atoms with Crippen molar-refractivity contribution in [2.45, 2.75) is 41.0 Å². The number of nitrogens with one attached hydrogen (secondary N) is 1. The molecule has 0 aliphatic heterocycles. The van der Waals surface area contributed by atoms with E-state index in [4.69, 9.17) is 11.6 Å². The number of alkyl halides is 3. The first-order valence-electron chi connectivity index (χ1n) is 6.26. The van der Waals surface area contributed by atoms with Gasteiger partial charge in [-0.15, -0.1) is 13.2 Å². The van der Waals surface area contributed by atoms with Crippen LogP contribution < -0.4 is 4.74 Å². The van der Waals surface area contributed by atoms with Crippen LogP contribution in [0.1, 0.15) is 33.3 Å². The molecule has 0 amide bonds. The van der Waals surface area contributed by atoms with Gasteiger partial charge in [0.05, 0.1) is 16.7 Å². The zero-order chi connectivity index (χ0) is 15.9. The van der Waals surface area contributed by atoms with Crippen LogP contribution in [-0.4, -0.2) is 16.6 Å². The van der Waals surface area contributed by atoms with Crippen LogP contribution in [0.4, 0.5) is 13.2 Å². The molecule has 1 heterocycles. The van der Waals surface area contributed by atoms with Crippen molar-refractivity contribution >= 4 is 22.5 Å². The highest BCUT2D eigenvalue weighted by Crippen LogP contribution is 2.37. The maximum absolute atomic E-state index is 12.1. The highest BCUT2D eigenvalue weighted by molar-refractivity contribution is 6.33. The fourth-order valence-corrected chi connectivity index (χ4v) is 1.73. The van der Waals surface area contributed by atoms with Crippen LogP contribution >= 0.6 is 11.6 Å². The van der Waals surface area contributed by atoms with Crippen LogP contribution in [0.15, 0.2) is 12.3 Å². The SMILES string of the molecule is CC.CC.Cc1c(OC(F)(F)F)c(Cl)cc2[nH]ncc12. The van der Waals surface area contributed by atoms with Crippen molar-refractivity contribution in [1.29, 1.82) is 0 Å². The minimum Gasteiger partial charge on any atom is -0.404 e. The Morgan fingerprint density at radius 2 is 1.75 bits per heavy atom. The van der Waals surface area contributed by atoms with E-state index in [1.165, 1.54) is 19.2 Å². The molecule has 0 saturated carbocycles. The average molecular weight is 311 g/mol. The lowest BCUT2D eigenvalue weighted by molar-refractivity contribution is -0.274. The number of fused-ring (bicyclic) bond motifs is 1. The Morgan fingerprint density at radius 3 is 2.25 bits per heavy atom. The van der Waals surface area contributed by atoms with E-state index in [-0.39, 0.29) is 10.8 Å². The molecule has 3 nitrogen and oxygen atoms in total.